The summed E-state index contributed by atoms with van der Waals surface area (Å²) in [6.45, 7) is 0.816. The lowest BCUT2D eigenvalue weighted by Crippen LogP contribution is -2.04. The fourth-order valence-corrected chi connectivity index (χ4v) is 3.00. The quantitative estimate of drug-likeness (QED) is 0.864. The van der Waals surface area contributed by atoms with Gasteiger partial charge in [-0.2, -0.15) is 0 Å². The van der Waals surface area contributed by atoms with Crippen molar-refractivity contribution >= 4 is 29.1 Å². The highest BCUT2D eigenvalue weighted by molar-refractivity contribution is 7.10. The monoisotopic (exact) mass is 339 g/mol. The van der Waals surface area contributed by atoms with Gasteiger partial charge in [-0.25, -0.2) is 9.97 Å². The van der Waals surface area contributed by atoms with E-state index in [0.29, 0.717) is 12.2 Å². The van der Waals surface area contributed by atoms with Crippen molar-refractivity contribution in [1.82, 2.24) is 9.97 Å². The molecule has 24 heavy (non-hydrogen) atoms. The van der Waals surface area contributed by atoms with Gasteiger partial charge in [0.05, 0.1) is 6.61 Å². The van der Waals surface area contributed by atoms with Crippen LogP contribution < -0.4 is 5.32 Å². The number of rotatable bonds is 3. The van der Waals surface area contributed by atoms with Crippen molar-refractivity contribution in [3.8, 4) is 0 Å². The topological polar surface area (TPSA) is 64.1 Å². The molecule has 1 amide bonds. The van der Waals surface area contributed by atoms with Crippen LogP contribution in [-0.4, -0.2) is 23.0 Å². The zero-order valence-corrected chi connectivity index (χ0v) is 13.8. The molecule has 6 heteroatoms. The van der Waals surface area contributed by atoms with Crippen LogP contribution in [-0.2, 0) is 9.53 Å². The summed E-state index contributed by atoms with van der Waals surface area (Å²) in [7, 11) is 0. The second kappa shape index (κ2) is 8.21. The Morgan fingerprint density at radius 3 is 2.92 bits per heavy atom. The summed E-state index contributed by atoms with van der Waals surface area (Å²) >= 11 is 1.68. The minimum atomic E-state index is 0.576. The number of allylic oxidation sites excluding steroid dienone is 5. The number of nitrogens with zero attached hydrogens (tertiary/aromatic N) is 2. The largest absolute Gasteiger partial charge is 0.497 e. The average molecular weight is 339 g/mol. The lowest BCUT2D eigenvalue weighted by Gasteiger charge is -2.17. The van der Waals surface area contributed by atoms with Crippen molar-refractivity contribution in [3.05, 3.63) is 70.5 Å². The Bertz CT molecular complexity index is 765. The molecule has 122 valence electrons. The Balaban J connectivity index is 0.000000162. The molecule has 1 aliphatic heterocycles. The fraction of sp³-hybridized carbons (Fsp3) is 0.167. The van der Waals surface area contributed by atoms with Crippen LogP contribution in [0.4, 0.5) is 5.82 Å². The van der Waals surface area contributed by atoms with Crippen LogP contribution in [0.2, 0.25) is 0 Å². The lowest BCUT2D eigenvalue weighted by molar-refractivity contribution is -0.105. The fourth-order valence-electron chi connectivity index (χ4n) is 2.36. The molecule has 3 heterocycles. The van der Waals surface area contributed by atoms with Gasteiger partial charge in [0, 0.05) is 36.2 Å². The normalized spacial score (nSPS) is 15.4. The Kier molecular flexibility index (Phi) is 5.52. The summed E-state index contributed by atoms with van der Waals surface area (Å²) in [6, 6.07) is 5.31. The molecule has 1 N–H and O–H groups in total. The number of ether oxygens (including phenoxy) is 1. The van der Waals surface area contributed by atoms with Gasteiger partial charge < -0.3 is 10.1 Å². The molecule has 0 saturated carbocycles. The molecule has 2 aromatic rings. The lowest BCUT2D eigenvalue weighted by atomic mass is 10.0. The third-order valence-electron chi connectivity index (χ3n) is 3.47. The van der Waals surface area contributed by atoms with E-state index < -0.39 is 0 Å². The van der Waals surface area contributed by atoms with Crippen molar-refractivity contribution in [2.75, 3.05) is 11.9 Å². The highest BCUT2D eigenvalue weighted by Crippen LogP contribution is 2.30. The smallest absolute Gasteiger partial charge is 0.212 e. The van der Waals surface area contributed by atoms with Gasteiger partial charge in [-0.1, -0.05) is 17.7 Å². The van der Waals surface area contributed by atoms with E-state index in [0.717, 1.165) is 30.2 Å². The number of hydrogen-bond donors (Lipinski definition) is 1. The maximum atomic E-state index is 9.82. The highest BCUT2D eigenvalue weighted by atomic mass is 32.1. The number of carbonyl (C=O) groups is 1. The number of carbonyl (C=O) groups excluding carboxylic acids is 1. The molecule has 5 nitrogen and oxygen atoms in total. The van der Waals surface area contributed by atoms with Gasteiger partial charge in [-0.05, 0) is 24.3 Å². The van der Waals surface area contributed by atoms with Crippen LogP contribution in [0.15, 0.2) is 65.5 Å². The summed E-state index contributed by atoms with van der Waals surface area (Å²) in [5.41, 5.74) is 2.66. The number of anilines is 1. The number of hydrogen-bond acceptors (Lipinski definition) is 5. The van der Waals surface area contributed by atoms with Crippen molar-refractivity contribution in [2.45, 2.75) is 12.8 Å². The van der Waals surface area contributed by atoms with Crippen LogP contribution >= 0.6 is 11.3 Å². The van der Waals surface area contributed by atoms with E-state index in [9.17, 15) is 4.79 Å². The molecule has 4 rings (SSSR count). The first-order chi connectivity index (χ1) is 11.8. The van der Waals surface area contributed by atoms with E-state index in [-0.39, 0.29) is 0 Å². The predicted molar refractivity (Wildman–Crippen MR) is 95.4 cm³/mol. The zero-order valence-electron chi connectivity index (χ0n) is 13.0. The van der Waals surface area contributed by atoms with E-state index in [1.54, 1.807) is 35.7 Å². The summed E-state index contributed by atoms with van der Waals surface area (Å²) in [5.74, 6) is 1.66. The molecule has 0 atom stereocenters. The van der Waals surface area contributed by atoms with Gasteiger partial charge in [-0.15, -0.1) is 11.3 Å². The van der Waals surface area contributed by atoms with Gasteiger partial charge in [0.15, 0.2) is 0 Å². The van der Waals surface area contributed by atoms with E-state index in [4.69, 9.17) is 4.74 Å². The SMILES string of the molecule is C1=C2CCOC(=CC=C1c1nccs1)C2.O=CNc1ccccn1. The van der Waals surface area contributed by atoms with E-state index in [2.05, 4.69) is 33.5 Å². The van der Waals surface area contributed by atoms with Crippen molar-refractivity contribution < 1.29 is 9.53 Å². The molecule has 1 aliphatic carbocycles. The second-order valence-corrected chi connectivity index (χ2v) is 6.04. The van der Waals surface area contributed by atoms with Crippen LogP contribution in [0.3, 0.4) is 0 Å². The van der Waals surface area contributed by atoms with Gasteiger partial charge in [0.2, 0.25) is 6.41 Å². The highest BCUT2D eigenvalue weighted by Gasteiger charge is 2.14. The van der Waals surface area contributed by atoms with Crippen LogP contribution in [0.5, 0.6) is 0 Å². The van der Waals surface area contributed by atoms with Gasteiger partial charge in [0.1, 0.15) is 16.6 Å². The maximum Gasteiger partial charge on any atom is 0.212 e. The molecule has 0 radical (unpaired) electrons. The van der Waals surface area contributed by atoms with Gasteiger partial charge in [-0.3, -0.25) is 4.79 Å². The molecule has 1 fully saturated rings. The number of fused-ring (bicyclic) bond motifs is 2. The van der Waals surface area contributed by atoms with E-state index in [1.165, 1.54) is 11.1 Å². The Hall–Kier alpha value is -2.73. The molecule has 2 bridgehead atoms. The summed E-state index contributed by atoms with van der Waals surface area (Å²) in [4.78, 5) is 18.0. The number of aromatic nitrogens is 2. The zero-order chi connectivity index (χ0) is 16.6. The molecular weight excluding hydrogens is 322 g/mol. The maximum absolute atomic E-state index is 9.82. The second-order valence-electron chi connectivity index (χ2n) is 5.15. The van der Waals surface area contributed by atoms with Crippen LogP contribution in [0.25, 0.3) is 5.57 Å². The number of thiazole rings is 1. The molecule has 2 aromatic heterocycles. The average Bonchev–Trinajstić information content (AvgIpc) is 3.11. The Labute approximate surface area is 144 Å². The van der Waals surface area contributed by atoms with Crippen molar-refractivity contribution in [3.63, 3.8) is 0 Å². The number of amides is 1. The molecule has 2 aliphatic rings. The Morgan fingerprint density at radius 1 is 1.21 bits per heavy atom. The third kappa shape index (κ3) is 4.39. The number of nitrogens with one attached hydrogen (secondary N) is 1. The molecular formula is C18H17N3O2S. The molecule has 0 aromatic carbocycles. The standard InChI is InChI=1S/C12H11NOS.C6H6N2O/c1-2-11-8-9(3-5-14-11)7-10(1)12-13-4-6-15-12;9-5-8-6-3-1-2-4-7-6/h1-2,4,6-7H,3,5,8H2;1-5H,(H,7,8,9). The van der Waals surface area contributed by atoms with Crippen molar-refractivity contribution in [2.24, 2.45) is 0 Å². The first kappa shape index (κ1) is 16.1. The van der Waals surface area contributed by atoms with Crippen LogP contribution in [0.1, 0.15) is 17.8 Å². The van der Waals surface area contributed by atoms with Gasteiger partial charge >= 0.3 is 0 Å². The summed E-state index contributed by atoms with van der Waals surface area (Å²) in [5, 5.41) is 5.51. The van der Waals surface area contributed by atoms with Gasteiger partial charge in [0.25, 0.3) is 0 Å². The predicted octanol–water partition coefficient (Wildman–Crippen LogP) is 3.81. The van der Waals surface area contributed by atoms with Crippen molar-refractivity contribution in [1.29, 1.82) is 0 Å². The number of pyridine rings is 1. The first-order valence-corrected chi connectivity index (χ1v) is 8.47. The summed E-state index contributed by atoms with van der Waals surface area (Å²) in [6.07, 6.45) is 12.5. The van der Waals surface area contributed by atoms with E-state index in [1.807, 2.05) is 11.6 Å². The van der Waals surface area contributed by atoms with Crippen LogP contribution in [0, 0.1) is 0 Å². The third-order valence-corrected chi connectivity index (χ3v) is 4.29. The minimum absolute atomic E-state index is 0.576. The molecule has 1 saturated heterocycles. The summed E-state index contributed by atoms with van der Waals surface area (Å²) < 4.78 is 5.55. The first-order valence-electron chi connectivity index (χ1n) is 7.59. The molecule has 0 unspecified atom stereocenters. The minimum Gasteiger partial charge on any atom is -0.497 e. The Morgan fingerprint density at radius 2 is 2.17 bits per heavy atom. The molecule has 0 spiro atoms. The van der Waals surface area contributed by atoms with E-state index >= 15 is 0 Å².